The molecule has 1 aliphatic rings. The molecular weight excluding hydrogens is 375 g/mol. The fourth-order valence-electron chi connectivity index (χ4n) is 2.48. The molecule has 0 heterocycles. The Kier molecular flexibility index (Phi) is 4.79. The van der Waals surface area contributed by atoms with Gasteiger partial charge in [-0.1, -0.05) is 0 Å². The quantitative estimate of drug-likeness (QED) is 0.468. The van der Waals surface area contributed by atoms with Crippen LogP contribution in [0.25, 0.3) is 0 Å². The molecule has 2 N–H and O–H groups in total. The summed E-state index contributed by atoms with van der Waals surface area (Å²) in [5, 5.41) is 23.2. The van der Waals surface area contributed by atoms with Gasteiger partial charge in [-0.2, -0.15) is 0 Å². The van der Waals surface area contributed by atoms with E-state index in [1.54, 1.807) is 6.07 Å². The lowest BCUT2D eigenvalue weighted by Gasteiger charge is -2.27. The first-order valence-electron chi connectivity index (χ1n) is 6.40. The minimum Gasteiger partial charge on any atom is -0.481 e. The van der Waals surface area contributed by atoms with E-state index >= 15 is 0 Å². The fourth-order valence-corrected chi connectivity index (χ4v) is 2.96. The lowest BCUT2D eigenvalue weighted by Crippen LogP contribution is -2.29. The van der Waals surface area contributed by atoms with Gasteiger partial charge in [-0.05, 0) is 60.4 Å². The molecule has 1 aromatic carbocycles. The summed E-state index contributed by atoms with van der Waals surface area (Å²) < 4.78 is 0.814. The normalized spacial score (nSPS) is 22.2. The molecule has 1 aromatic rings. The van der Waals surface area contributed by atoms with E-state index in [0.717, 1.165) is 16.4 Å². The highest BCUT2D eigenvalue weighted by molar-refractivity contribution is 14.1. The van der Waals surface area contributed by atoms with Crippen LogP contribution in [0.15, 0.2) is 18.2 Å². The van der Waals surface area contributed by atoms with Crippen LogP contribution in [0.1, 0.15) is 25.7 Å². The Morgan fingerprint density at radius 1 is 1.35 bits per heavy atom. The zero-order valence-corrected chi connectivity index (χ0v) is 12.9. The first kappa shape index (κ1) is 15.0. The Bertz CT molecular complexity index is 527. The smallest absolute Gasteiger partial charge is 0.306 e. The van der Waals surface area contributed by atoms with Gasteiger partial charge in [-0.15, -0.1) is 0 Å². The van der Waals surface area contributed by atoms with Crippen LogP contribution in [0.4, 0.5) is 11.4 Å². The van der Waals surface area contributed by atoms with Crippen molar-refractivity contribution in [3.05, 3.63) is 31.9 Å². The predicted molar refractivity (Wildman–Crippen MR) is 82.8 cm³/mol. The molecule has 0 unspecified atom stereocenters. The summed E-state index contributed by atoms with van der Waals surface area (Å²) in [4.78, 5) is 21.5. The first-order valence-corrected chi connectivity index (χ1v) is 7.48. The monoisotopic (exact) mass is 390 g/mol. The summed E-state index contributed by atoms with van der Waals surface area (Å²) in [5.41, 5.74) is 0.575. The summed E-state index contributed by atoms with van der Waals surface area (Å²) in [5.74, 6) is -1.02. The molecule has 6 nitrogen and oxygen atoms in total. The number of nitrogens with zero attached hydrogens (tertiary/aromatic N) is 1. The van der Waals surface area contributed by atoms with Crippen LogP contribution in [-0.2, 0) is 4.79 Å². The van der Waals surface area contributed by atoms with Gasteiger partial charge < -0.3 is 10.4 Å². The molecule has 0 radical (unpaired) electrons. The lowest BCUT2D eigenvalue weighted by atomic mass is 9.86. The van der Waals surface area contributed by atoms with Crippen LogP contribution in [0, 0.1) is 19.6 Å². The van der Waals surface area contributed by atoms with E-state index < -0.39 is 10.9 Å². The largest absolute Gasteiger partial charge is 0.481 e. The van der Waals surface area contributed by atoms with Crippen LogP contribution in [0.5, 0.6) is 0 Å². The molecule has 2 rings (SSSR count). The predicted octanol–water partition coefficient (Wildman–Crippen LogP) is 3.25. The van der Waals surface area contributed by atoms with E-state index in [2.05, 4.69) is 5.32 Å². The lowest BCUT2D eigenvalue weighted by molar-refractivity contribution is -0.384. The van der Waals surface area contributed by atoms with E-state index in [-0.39, 0.29) is 17.6 Å². The molecule has 20 heavy (non-hydrogen) atoms. The summed E-state index contributed by atoms with van der Waals surface area (Å²) in [6, 6.07) is 5.16. The number of benzene rings is 1. The number of carboxylic acids is 1. The van der Waals surface area contributed by atoms with Crippen LogP contribution in [-0.4, -0.2) is 22.0 Å². The maximum atomic E-state index is 11.0. The maximum Gasteiger partial charge on any atom is 0.306 e. The summed E-state index contributed by atoms with van der Waals surface area (Å²) in [6.45, 7) is 0. The standard InChI is InChI=1S/C13H15IN2O4/c14-9-3-6-11(12(7-9)16(19)20)15-10-4-1-8(2-5-10)13(17)18/h3,6-8,10,15H,1-2,4-5H2,(H,17,18). The second kappa shape index (κ2) is 6.38. The highest BCUT2D eigenvalue weighted by Crippen LogP contribution is 2.31. The van der Waals surface area contributed by atoms with E-state index in [4.69, 9.17) is 5.11 Å². The molecule has 0 aliphatic heterocycles. The van der Waals surface area contributed by atoms with Crippen molar-refractivity contribution in [1.29, 1.82) is 0 Å². The summed E-state index contributed by atoms with van der Waals surface area (Å²) in [6.07, 6.45) is 2.68. The zero-order chi connectivity index (χ0) is 14.7. The van der Waals surface area contributed by atoms with Gasteiger partial charge in [0.25, 0.3) is 5.69 Å². The number of halogens is 1. The van der Waals surface area contributed by atoms with Crippen LogP contribution in [0.3, 0.4) is 0 Å². The fraction of sp³-hybridized carbons (Fsp3) is 0.462. The van der Waals surface area contributed by atoms with Gasteiger partial charge in [0, 0.05) is 15.7 Å². The molecular formula is C13H15IN2O4. The number of aliphatic carboxylic acids is 1. The van der Waals surface area contributed by atoms with E-state index in [0.29, 0.717) is 18.5 Å². The molecule has 0 amide bonds. The minimum absolute atomic E-state index is 0.0669. The number of nitro benzene ring substituents is 1. The number of hydrogen-bond donors (Lipinski definition) is 2. The number of rotatable bonds is 4. The number of nitrogens with one attached hydrogen (secondary N) is 1. The third-order valence-corrected chi connectivity index (χ3v) is 4.26. The van der Waals surface area contributed by atoms with Gasteiger partial charge in [0.1, 0.15) is 5.69 Å². The van der Waals surface area contributed by atoms with Crippen molar-refractivity contribution in [2.75, 3.05) is 5.32 Å². The zero-order valence-electron chi connectivity index (χ0n) is 10.7. The number of nitro groups is 1. The Labute approximate surface area is 129 Å². The highest BCUT2D eigenvalue weighted by atomic mass is 127. The van der Waals surface area contributed by atoms with Gasteiger partial charge in [0.2, 0.25) is 0 Å². The molecule has 0 aromatic heterocycles. The van der Waals surface area contributed by atoms with Gasteiger partial charge >= 0.3 is 5.97 Å². The molecule has 0 atom stereocenters. The third kappa shape index (κ3) is 3.59. The average molecular weight is 390 g/mol. The second-order valence-corrected chi connectivity index (χ2v) is 6.20. The van der Waals surface area contributed by atoms with Crippen molar-refractivity contribution < 1.29 is 14.8 Å². The maximum absolute atomic E-state index is 11.0. The topological polar surface area (TPSA) is 92.5 Å². The number of carbonyl (C=O) groups is 1. The molecule has 108 valence electrons. The molecule has 0 saturated heterocycles. The van der Waals surface area contributed by atoms with Gasteiger partial charge in [0.05, 0.1) is 10.8 Å². The molecule has 7 heteroatoms. The minimum atomic E-state index is -0.747. The highest BCUT2D eigenvalue weighted by Gasteiger charge is 2.27. The third-order valence-electron chi connectivity index (χ3n) is 3.59. The number of carboxylic acid groups (broad SMARTS) is 1. The van der Waals surface area contributed by atoms with E-state index in [1.165, 1.54) is 6.07 Å². The summed E-state index contributed by atoms with van der Waals surface area (Å²) >= 11 is 2.04. The van der Waals surface area contributed by atoms with Crippen molar-refractivity contribution in [2.24, 2.45) is 5.92 Å². The Balaban J connectivity index is 2.04. The van der Waals surface area contributed by atoms with Gasteiger partial charge in [0.15, 0.2) is 0 Å². The van der Waals surface area contributed by atoms with Gasteiger partial charge in [-0.25, -0.2) is 0 Å². The Hall–Kier alpha value is -1.38. The van der Waals surface area contributed by atoms with Crippen molar-refractivity contribution >= 4 is 39.9 Å². The number of hydrogen-bond acceptors (Lipinski definition) is 4. The van der Waals surface area contributed by atoms with Crippen molar-refractivity contribution in [3.63, 3.8) is 0 Å². The number of anilines is 1. The molecule has 1 fully saturated rings. The molecule has 1 aliphatic carbocycles. The summed E-state index contributed by atoms with van der Waals surface area (Å²) in [7, 11) is 0. The molecule has 1 saturated carbocycles. The van der Waals surface area contributed by atoms with E-state index in [9.17, 15) is 14.9 Å². The average Bonchev–Trinajstić information content (AvgIpc) is 2.41. The van der Waals surface area contributed by atoms with Crippen LogP contribution in [0.2, 0.25) is 0 Å². The molecule has 0 bridgehead atoms. The van der Waals surface area contributed by atoms with Crippen molar-refractivity contribution in [1.82, 2.24) is 0 Å². The first-order chi connectivity index (χ1) is 9.47. The van der Waals surface area contributed by atoms with Crippen molar-refractivity contribution in [3.8, 4) is 0 Å². The Morgan fingerprint density at radius 3 is 2.55 bits per heavy atom. The second-order valence-electron chi connectivity index (χ2n) is 4.95. The van der Waals surface area contributed by atoms with Gasteiger partial charge in [-0.3, -0.25) is 14.9 Å². The van der Waals surface area contributed by atoms with E-state index in [1.807, 2.05) is 28.7 Å². The van der Waals surface area contributed by atoms with Crippen LogP contribution < -0.4 is 5.32 Å². The van der Waals surface area contributed by atoms with Crippen LogP contribution >= 0.6 is 22.6 Å². The Morgan fingerprint density at radius 2 is 2.00 bits per heavy atom. The SMILES string of the molecule is O=C(O)C1CCC(Nc2ccc(I)cc2[N+](=O)[O-])CC1. The molecule has 0 spiro atoms. The van der Waals surface area contributed by atoms with Crippen molar-refractivity contribution in [2.45, 2.75) is 31.7 Å².